The summed E-state index contributed by atoms with van der Waals surface area (Å²) in [5.41, 5.74) is 4.26. The van der Waals surface area contributed by atoms with Gasteiger partial charge in [-0.05, 0) is 19.1 Å². The molecule has 3 heterocycles. The van der Waals surface area contributed by atoms with Gasteiger partial charge in [-0.1, -0.05) is 22.8 Å². The van der Waals surface area contributed by atoms with E-state index in [0.29, 0.717) is 29.6 Å². The lowest BCUT2D eigenvalue weighted by molar-refractivity contribution is 0.399. The van der Waals surface area contributed by atoms with Crippen molar-refractivity contribution < 1.29 is 9.26 Å². The molecule has 1 N–H and O–H groups in total. The monoisotopic (exact) mass is 412 g/mol. The van der Waals surface area contributed by atoms with Crippen LogP contribution in [0.3, 0.4) is 0 Å². The highest BCUT2D eigenvalue weighted by atomic mass is 35.5. The predicted molar refractivity (Wildman–Crippen MR) is 109 cm³/mol. The Kier molecular flexibility index (Phi) is 5.37. The van der Waals surface area contributed by atoms with Crippen LogP contribution < -0.4 is 10.1 Å². The average Bonchev–Trinajstić information content (AvgIpc) is 3.44. The zero-order valence-corrected chi connectivity index (χ0v) is 17.1. The smallest absolute Gasteiger partial charge is 0.134 e. The van der Waals surface area contributed by atoms with E-state index in [-0.39, 0.29) is 0 Å². The zero-order valence-electron chi connectivity index (χ0n) is 16.4. The molecule has 0 bridgehead atoms. The minimum atomic E-state index is 0.540. The Morgan fingerprint density at radius 2 is 2.10 bits per heavy atom. The van der Waals surface area contributed by atoms with Crippen molar-refractivity contribution in [2.24, 2.45) is 7.05 Å². The number of rotatable bonds is 7. The number of benzene rings is 1. The van der Waals surface area contributed by atoms with Crippen LogP contribution in [0.15, 0.2) is 47.2 Å². The van der Waals surface area contributed by atoms with Crippen molar-refractivity contribution in [1.82, 2.24) is 30.0 Å². The Hall–Kier alpha value is -3.10. The van der Waals surface area contributed by atoms with Gasteiger partial charge in [-0.25, -0.2) is 4.68 Å². The third-order valence-electron chi connectivity index (χ3n) is 4.52. The Bertz CT molecular complexity index is 1130. The van der Waals surface area contributed by atoms with Crippen molar-refractivity contribution in [3.8, 4) is 22.8 Å². The van der Waals surface area contributed by atoms with Crippen LogP contribution in [0.25, 0.3) is 17.1 Å². The van der Waals surface area contributed by atoms with Crippen LogP contribution >= 0.6 is 11.6 Å². The quantitative estimate of drug-likeness (QED) is 0.500. The van der Waals surface area contributed by atoms with Gasteiger partial charge in [0, 0.05) is 49.6 Å². The molecule has 4 aromatic rings. The van der Waals surface area contributed by atoms with E-state index in [2.05, 4.69) is 20.7 Å². The third-order valence-corrected chi connectivity index (χ3v) is 5.00. The molecule has 0 aliphatic rings. The lowest BCUT2D eigenvalue weighted by Crippen LogP contribution is -2.13. The Labute approximate surface area is 173 Å². The molecular weight excluding hydrogens is 392 g/mol. The van der Waals surface area contributed by atoms with E-state index in [1.54, 1.807) is 18.8 Å². The first-order valence-corrected chi connectivity index (χ1v) is 9.46. The second-order valence-electron chi connectivity index (χ2n) is 6.66. The molecule has 0 fully saturated rings. The molecule has 1 aromatic carbocycles. The van der Waals surface area contributed by atoms with Crippen LogP contribution in [0.4, 0.5) is 0 Å². The molecule has 0 saturated carbocycles. The number of hydrogen-bond acceptors (Lipinski definition) is 6. The minimum absolute atomic E-state index is 0.540. The second-order valence-corrected chi connectivity index (χ2v) is 7.02. The number of aryl methyl sites for hydroxylation is 2. The van der Waals surface area contributed by atoms with Crippen molar-refractivity contribution in [2.75, 3.05) is 7.11 Å². The van der Waals surface area contributed by atoms with Gasteiger partial charge in [-0.3, -0.25) is 4.68 Å². The highest BCUT2D eigenvalue weighted by Crippen LogP contribution is 2.28. The summed E-state index contributed by atoms with van der Waals surface area (Å²) in [7, 11) is 3.45. The van der Waals surface area contributed by atoms with Gasteiger partial charge < -0.3 is 14.6 Å². The highest BCUT2D eigenvalue weighted by Gasteiger charge is 2.18. The van der Waals surface area contributed by atoms with Gasteiger partial charge in [-0.15, -0.1) is 0 Å². The predicted octanol–water partition coefficient (Wildman–Crippen LogP) is 3.52. The summed E-state index contributed by atoms with van der Waals surface area (Å²) in [6.07, 6.45) is 3.81. The molecule has 150 valence electrons. The molecule has 0 unspecified atom stereocenters. The standard InChI is InChI=1S/C20H21ClN6O2/c1-13-7-18(25-29-13)19-17(20(21)26(2)24-19)11-22-9-14-10-23-27(12-14)15-5-4-6-16(8-15)28-3/h4-8,10,12,22H,9,11H2,1-3H3. The fourth-order valence-corrected chi connectivity index (χ4v) is 3.26. The van der Waals surface area contributed by atoms with Gasteiger partial charge >= 0.3 is 0 Å². The molecule has 8 nitrogen and oxygen atoms in total. The molecule has 9 heteroatoms. The first-order chi connectivity index (χ1) is 14.0. The second kappa shape index (κ2) is 8.10. The van der Waals surface area contributed by atoms with E-state index < -0.39 is 0 Å². The fraction of sp³-hybridized carbons (Fsp3) is 0.250. The summed E-state index contributed by atoms with van der Waals surface area (Å²) in [5.74, 6) is 1.52. The number of ether oxygens (including phenoxy) is 1. The fourth-order valence-electron chi connectivity index (χ4n) is 3.07. The van der Waals surface area contributed by atoms with Crippen molar-refractivity contribution in [1.29, 1.82) is 0 Å². The lowest BCUT2D eigenvalue weighted by atomic mass is 10.2. The number of nitrogens with zero attached hydrogens (tertiary/aromatic N) is 5. The van der Waals surface area contributed by atoms with Crippen molar-refractivity contribution >= 4 is 11.6 Å². The third kappa shape index (κ3) is 4.03. The van der Waals surface area contributed by atoms with Crippen LogP contribution in [0, 0.1) is 6.92 Å². The normalized spacial score (nSPS) is 11.2. The van der Waals surface area contributed by atoms with E-state index in [4.69, 9.17) is 20.9 Å². The maximum atomic E-state index is 6.44. The maximum Gasteiger partial charge on any atom is 0.134 e. The molecule has 4 rings (SSSR count). The summed E-state index contributed by atoms with van der Waals surface area (Å²) in [5, 5.41) is 16.9. The minimum Gasteiger partial charge on any atom is -0.497 e. The van der Waals surface area contributed by atoms with E-state index in [9.17, 15) is 0 Å². The number of aromatic nitrogens is 5. The summed E-state index contributed by atoms with van der Waals surface area (Å²) >= 11 is 6.44. The van der Waals surface area contributed by atoms with E-state index in [1.165, 1.54) is 0 Å². The Morgan fingerprint density at radius 1 is 1.24 bits per heavy atom. The Balaban J connectivity index is 1.46. The molecular formula is C20H21ClN6O2. The van der Waals surface area contributed by atoms with Crippen LogP contribution in [0.1, 0.15) is 16.9 Å². The molecule has 29 heavy (non-hydrogen) atoms. The van der Waals surface area contributed by atoms with Crippen LogP contribution in [0.5, 0.6) is 5.75 Å². The van der Waals surface area contributed by atoms with Crippen LogP contribution in [-0.2, 0) is 20.1 Å². The van der Waals surface area contributed by atoms with Gasteiger partial charge in [0.25, 0.3) is 0 Å². The summed E-state index contributed by atoms with van der Waals surface area (Å²) in [6.45, 7) is 3.02. The molecule has 0 saturated heterocycles. The SMILES string of the molecule is COc1cccc(-n2cc(CNCc3c(-c4cc(C)on4)nn(C)c3Cl)cn2)c1. The maximum absolute atomic E-state index is 6.44. The van der Waals surface area contributed by atoms with Gasteiger partial charge in [0.2, 0.25) is 0 Å². The van der Waals surface area contributed by atoms with E-state index >= 15 is 0 Å². The number of nitrogens with one attached hydrogen (secondary N) is 1. The Morgan fingerprint density at radius 3 is 2.86 bits per heavy atom. The summed E-state index contributed by atoms with van der Waals surface area (Å²) in [4.78, 5) is 0. The molecule has 0 aliphatic heterocycles. The van der Waals surface area contributed by atoms with Crippen LogP contribution in [-0.4, -0.2) is 31.8 Å². The largest absolute Gasteiger partial charge is 0.497 e. The van der Waals surface area contributed by atoms with Crippen molar-refractivity contribution in [2.45, 2.75) is 20.0 Å². The van der Waals surface area contributed by atoms with E-state index in [1.807, 2.05) is 54.3 Å². The van der Waals surface area contributed by atoms with Gasteiger partial charge in [-0.2, -0.15) is 10.2 Å². The molecule has 0 spiro atoms. The molecule has 0 amide bonds. The first-order valence-electron chi connectivity index (χ1n) is 9.09. The lowest BCUT2D eigenvalue weighted by Gasteiger charge is -2.05. The first kappa shape index (κ1) is 19.2. The van der Waals surface area contributed by atoms with E-state index in [0.717, 1.165) is 28.3 Å². The van der Waals surface area contributed by atoms with Crippen LogP contribution in [0.2, 0.25) is 5.15 Å². The number of halogens is 1. The number of methoxy groups -OCH3 is 1. The topological polar surface area (TPSA) is 82.9 Å². The van der Waals surface area contributed by atoms with Crippen molar-refractivity contribution in [3.05, 3.63) is 64.8 Å². The molecule has 0 atom stereocenters. The molecule has 3 aromatic heterocycles. The van der Waals surface area contributed by atoms with Crippen molar-refractivity contribution in [3.63, 3.8) is 0 Å². The average molecular weight is 413 g/mol. The highest BCUT2D eigenvalue weighted by molar-refractivity contribution is 6.30. The number of hydrogen-bond donors (Lipinski definition) is 1. The van der Waals surface area contributed by atoms with Gasteiger partial charge in [0.15, 0.2) is 0 Å². The summed E-state index contributed by atoms with van der Waals surface area (Å²) < 4.78 is 13.9. The molecule has 0 radical (unpaired) electrons. The van der Waals surface area contributed by atoms with Gasteiger partial charge in [0.1, 0.15) is 28.1 Å². The molecule has 0 aliphatic carbocycles. The summed E-state index contributed by atoms with van der Waals surface area (Å²) in [6, 6.07) is 9.60. The van der Waals surface area contributed by atoms with Gasteiger partial charge in [0.05, 0.1) is 19.0 Å². The zero-order chi connectivity index (χ0) is 20.4.